The summed E-state index contributed by atoms with van der Waals surface area (Å²) in [7, 11) is 1.55. The van der Waals surface area contributed by atoms with Crippen LogP contribution in [-0.2, 0) is 22.4 Å². The minimum atomic E-state index is -0.121. The van der Waals surface area contributed by atoms with E-state index in [1.807, 2.05) is 11.0 Å². The van der Waals surface area contributed by atoms with E-state index < -0.39 is 0 Å². The number of fused-ring (bicyclic) bond motifs is 1. The molecule has 0 saturated carbocycles. The van der Waals surface area contributed by atoms with Gasteiger partial charge < -0.3 is 19.7 Å². The zero-order chi connectivity index (χ0) is 20.4. The van der Waals surface area contributed by atoms with Crippen molar-refractivity contribution in [3.05, 3.63) is 44.6 Å². The average Bonchev–Trinajstić information content (AvgIpc) is 3.17. The first-order valence-corrected chi connectivity index (χ1v) is 10.9. The number of aryl methyl sites for hydroxylation is 1. The third kappa shape index (κ3) is 4.42. The predicted octanol–water partition coefficient (Wildman–Crippen LogP) is 3.63. The quantitative estimate of drug-likeness (QED) is 0.797. The van der Waals surface area contributed by atoms with Crippen LogP contribution in [0, 0.1) is 5.92 Å². The summed E-state index contributed by atoms with van der Waals surface area (Å²) in [5, 5.41) is 3.41. The van der Waals surface area contributed by atoms with E-state index in [4.69, 9.17) is 21.1 Å². The largest absolute Gasteiger partial charge is 0.495 e. The molecule has 1 saturated heterocycles. The van der Waals surface area contributed by atoms with E-state index in [1.54, 1.807) is 36.6 Å². The molecule has 2 amide bonds. The lowest BCUT2D eigenvalue weighted by molar-refractivity contribution is -0.120. The number of ether oxygens (including phenoxy) is 2. The minimum absolute atomic E-state index is 0.0239. The van der Waals surface area contributed by atoms with Crippen molar-refractivity contribution in [1.82, 2.24) is 4.90 Å². The number of rotatable bonds is 4. The van der Waals surface area contributed by atoms with Crippen molar-refractivity contribution in [1.29, 1.82) is 0 Å². The molecule has 1 atom stereocenters. The number of thiophene rings is 1. The summed E-state index contributed by atoms with van der Waals surface area (Å²) in [5.41, 5.74) is 1.77. The molecule has 154 valence electrons. The van der Waals surface area contributed by atoms with Crippen LogP contribution >= 0.6 is 22.9 Å². The molecule has 1 N–H and O–H groups in total. The lowest BCUT2D eigenvalue weighted by atomic mass is 9.87. The number of nitrogens with one attached hydrogen (secondary N) is 1. The lowest BCUT2D eigenvalue weighted by Gasteiger charge is -2.26. The van der Waals surface area contributed by atoms with E-state index in [1.165, 1.54) is 4.88 Å². The molecule has 1 aliphatic carbocycles. The number of benzene rings is 1. The summed E-state index contributed by atoms with van der Waals surface area (Å²) in [6.07, 6.45) is 2.24. The molecule has 8 heteroatoms. The summed E-state index contributed by atoms with van der Waals surface area (Å²) < 4.78 is 10.5. The maximum Gasteiger partial charge on any atom is 0.264 e. The number of methoxy groups -OCH3 is 1. The average molecular weight is 435 g/mol. The number of nitrogens with zero attached hydrogens (tertiary/aromatic N) is 1. The first-order valence-electron chi connectivity index (χ1n) is 9.68. The highest BCUT2D eigenvalue weighted by Gasteiger charge is 2.29. The Morgan fingerprint density at radius 3 is 2.79 bits per heavy atom. The van der Waals surface area contributed by atoms with E-state index in [9.17, 15) is 9.59 Å². The Hall–Kier alpha value is -2.09. The van der Waals surface area contributed by atoms with Crippen LogP contribution in [0.5, 0.6) is 5.75 Å². The van der Waals surface area contributed by atoms with Gasteiger partial charge in [0.25, 0.3) is 5.91 Å². The molecule has 0 radical (unpaired) electrons. The van der Waals surface area contributed by atoms with E-state index in [-0.39, 0.29) is 17.7 Å². The summed E-state index contributed by atoms with van der Waals surface area (Å²) >= 11 is 7.71. The van der Waals surface area contributed by atoms with Crippen LogP contribution in [0.4, 0.5) is 5.69 Å². The highest BCUT2D eigenvalue weighted by atomic mass is 35.5. The Bertz CT molecular complexity index is 923. The van der Waals surface area contributed by atoms with Gasteiger partial charge in [-0.1, -0.05) is 11.6 Å². The van der Waals surface area contributed by atoms with Crippen molar-refractivity contribution in [2.45, 2.75) is 19.3 Å². The predicted molar refractivity (Wildman–Crippen MR) is 113 cm³/mol. The second kappa shape index (κ2) is 8.73. The summed E-state index contributed by atoms with van der Waals surface area (Å²) in [5.74, 6) is 0.498. The molecule has 0 spiro atoms. The van der Waals surface area contributed by atoms with Crippen molar-refractivity contribution in [3.63, 3.8) is 0 Å². The van der Waals surface area contributed by atoms with E-state index in [2.05, 4.69) is 5.32 Å². The van der Waals surface area contributed by atoms with Crippen LogP contribution < -0.4 is 10.1 Å². The molecule has 2 heterocycles. The number of hydrogen-bond donors (Lipinski definition) is 1. The molecular weight excluding hydrogens is 412 g/mol. The standard InChI is InChI=1S/C21H23ClN2O4S/c1-27-17-4-3-15(12-16(17)22)23-20(25)13-2-5-18-14(10-13)11-19(29-18)21(26)24-6-8-28-9-7-24/h3-4,11-13H,2,5-10H2,1H3,(H,23,25)/t13-/m0/s1. The second-order valence-corrected chi connectivity index (χ2v) is 8.79. The van der Waals surface area contributed by atoms with Gasteiger partial charge >= 0.3 is 0 Å². The molecule has 1 fully saturated rings. The Balaban J connectivity index is 1.41. The summed E-state index contributed by atoms with van der Waals surface area (Å²) in [4.78, 5) is 29.3. The first-order chi connectivity index (χ1) is 14.0. The van der Waals surface area contributed by atoms with E-state index >= 15 is 0 Å². The molecule has 29 heavy (non-hydrogen) atoms. The maximum absolute atomic E-state index is 12.8. The van der Waals surface area contributed by atoms with Crippen LogP contribution in [0.3, 0.4) is 0 Å². The van der Waals surface area contributed by atoms with E-state index in [0.29, 0.717) is 49.2 Å². The molecule has 0 bridgehead atoms. The van der Waals surface area contributed by atoms with Gasteiger partial charge in [0.2, 0.25) is 5.91 Å². The Morgan fingerprint density at radius 2 is 2.07 bits per heavy atom. The van der Waals surface area contributed by atoms with Gasteiger partial charge in [-0.2, -0.15) is 0 Å². The number of hydrogen-bond acceptors (Lipinski definition) is 5. The van der Waals surface area contributed by atoms with Crippen LogP contribution in [-0.4, -0.2) is 50.1 Å². The SMILES string of the molecule is COc1ccc(NC(=O)[C@H]2CCc3sc(C(=O)N4CCOCC4)cc3C2)cc1Cl. The molecule has 6 nitrogen and oxygen atoms in total. The third-order valence-corrected chi connectivity index (χ3v) is 6.90. The first kappa shape index (κ1) is 20.2. The van der Waals surface area contributed by atoms with Gasteiger partial charge in [-0.15, -0.1) is 11.3 Å². The molecule has 4 rings (SSSR count). The lowest BCUT2D eigenvalue weighted by Crippen LogP contribution is -2.40. The van der Waals surface area contributed by atoms with Crippen LogP contribution in [0.2, 0.25) is 5.02 Å². The normalized spacial score (nSPS) is 18.8. The number of amides is 2. The zero-order valence-electron chi connectivity index (χ0n) is 16.2. The Labute approximate surface area is 178 Å². The molecule has 2 aromatic rings. The highest BCUT2D eigenvalue weighted by Crippen LogP contribution is 2.34. The van der Waals surface area contributed by atoms with Crippen LogP contribution in [0.1, 0.15) is 26.5 Å². The van der Waals surface area contributed by atoms with Crippen LogP contribution in [0.25, 0.3) is 0 Å². The monoisotopic (exact) mass is 434 g/mol. The molecule has 1 aliphatic heterocycles. The van der Waals surface area contributed by atoms with Gasteiger partial charge in [0, 0.05) is 29.6 Å². The number of anilines is 1. The van der Waals surface area contributed by atoms with E-state index in [0.717, 1.165) is 23.3 Å². The van der Waals surface area contributed by atoms with Crippen molar-refractivity contribution < 1.29 is 19.1 Å². The summed E-state index contributed by atoms with van der Waals surface area (Å²) in [6.45, 7) is 2.45. The van der Waals surface area contributed by atoms with Gasteiger partial charge in [-0.05, 0) is 49.1 Å². The smallest absolute Gasteiger partial charge is 0.264 e. The zero-order valence-corrected chi connectivity index (χ0v) is 17.8. The number of halogens is 1. The van der Waals surface area contributed by atoms with Gasteiger partial charge in [0.05, 0.1) is 30.2 Å². The number of morpholine rings is 1. The second-order valence-electron chi connectivity index (χ2n) is 7.24. The van der Waals surface area contributed by atoms with Crippen molar-refractivity contribution >= 4 is 40.4 Å². The molecule has 2 aliphatic rings. The Kier molecular flexibility index (Phi) is 6.08. The van der Waals surface area contributed by atoms with Gasteiger partial charge in [-0.3, -0.25) is 9.59 Å². The van der Waals surface area contributed by atoms with Crippen molar-refractivity contribution in [2.75, 3.05) is 38.7 Å². The maximum atomic E-state index is 12.8. The van der Waals surface area contributed by atoms with Crippen molar-refractivity contribution in [2.24, 2.45) is 5.92 Å². The summed E-state index contributed by atoms with van der Waals surface area (Å²) in [6, 6.07) is 7.18. The highest BCUT2D eigenvalue weighted by molar-refractivity contribution is 7.14. The van der Waals surface area contributed by atoms with Gasteiger partial charge in [0.1, 0.15) is 5.75 Å². The third-order valence-electron chi connectivity index (χ3n) is 5.38. The van der Waals surface area contributed by atoms with Gasteiger partial charge in [-0.25, -0.2) is 0 Å². The number of carbonyl (C=O) groups is 2. The van der Waals surface area contributed by atoms with Crippen molar-refractivity contribution in [3.8, 4) is 5.75 Å². The fourth-order valence-corrected chi connectivity index (χ4v) is 5.20. The number of carbonyl (C=O) groups excluding carboxylic acids is 2. The molecular formula is C21H23ClN2O4S. The molecule has 0 unspecified atom stereocenters. The molecule has 1 aromatic carbocycles. The van der Waals surface area contributed by atoms with Gasteiger partial charge in [0.15, 0.2) is 0 Å². The molecule has 1 aromatic heterocycles. The fourth-order valence-electron chi connectivity index (χ4n) is 3.76. The fraction of sp³-hybridized carbons (Fsp3) is 0.429. The van der Waals surface area contributed by atoms with Crippen LogP contribution in [0.15, 0.2) is 24.3 Å². The topological polar surface area (TPSA) is 67.9 Å². The Morgan fingerprint density at radius 1 is 1.28 bits per heavy atom. The minimum Gasteiger partial charge on any atom is -0.495 e.